The number of hydrogen-bond acceptors (Lipinski definition) is 2. The van der Waals surface area contributed by atoms with Crippen LogP contribution < -0.4 is 10.6 Å². The number of aryl methyl sites for hydroxylation is 1. The van der Waals surface area contributed by atoms with Crippen molar-refractivity contribution in [3.05, 3.63) is 35.4 Å². The van der Waals surface area contributed by atoms with Gasteiger partial charge in [-0.3, -0.25) is 4.79 Å². The van der Waals surface area contributed by atoms with Crippen molar-refractivity contribution in [1.82, 2.24) is 10.6 Å². The van der Waals surface area contributed by atoms with E-state index < -0.39 is 0 Å². The predicted octanol–water partition coefficient (Wildman–Crippen LogP) is 3.74. The molecule has 0 aromatic heterocycles. The Balaban J connectivity index is 1.21. The second kappa shape index (κ2) is 6.12. The zero-order valence-corrected chi connectivity index (χ0v) is 15.1. The fraction of sp³-hybridized carbons (Fsp3) is 0.682. The van der Waals surface area contributed by atoms with Gasteiger partial charge in [0.1, 0.15) is 0 Å². The van der Waals surface area contributed by atoms with E-state index in [9.17, 15) is 4.79 Å². The van der Waals surface area contributed by atoms with E-state index in [0.717, 1.165) is 30.6 Å². The van der Waals surface area contributed by atoms with E-state index in [1.54, 1.807) is 0 Å². The fourth-order valence-corrected chi connectivity index (χ4v) is 6.74. The van der Waals surface area contributed by atoms with Crippen molar-refractivity contribution in [2.24, 2.45) is 17.8 Å². The molecule has 1 amide bonds. The molecule has 4 bridgehead atoms. The lowest BCUT2D eigenvalue weighted by Crippen LogP contribution is -2.59. The van der Waals surface area contributed by atoms with E-state index in [-0.39, 0.29) is 17.5 Å². The van der Waals surface area contributed by atoms with Gasteiger partial charge in [-0.05, 0) is 86.7 Å². The molecule has 1 atom stereocenters. The highest BCUT2D eigenvalue weighted by atomic mass is 16.2. The molecular formula is C22H30N2O. The van der Waals surface area contributed by atoms with Crippen LogP contribution in [0, 0.1) is 17.8 Å². The number of benzene rings is 1. The molecule has 134 valence electrons. The number of carbonyl (C=O) groups excluding carboxylic acids is 1. The third-order valence-electron chi connectivity index (χ3n) is 7.37. The summed E-state index contributed by atoms with van der Waals surface area (Å²) in [6, 6.07) is 8.80. The molecule has 6 rings (SSSR count). The van der Waals surface area contributed by atoms with Crippen molar-refractivity contribution in [2.45, 2.75) is 69.4 Å². The first-order chi connectivity index (χ1) is 12.2. The zero-order chi connectivity index (χ0) is 16.9. The Morgan fingerprint density at radius 3 is 2.44 bits per heavy atom. The van der Waals surface area contributed by atoms with Crippen LogP contribution >= 0.6 is 0 Å². The van der Waals surface area contributed by atoms with E-state index in [2.05, 4.69) is 34.9 Å². The van der Waals surface area contributed by atoms with E-state index in [1.165, 1.54) is 56.1 Å². The van der Waals surface area contributed by atoms with Gasteiger partial charge in [-0.2, -0.15) is 0 Å². The van der Waals surface area contributed by atoms with Crippen LogP contribution in [0.25, 0.3) is 0 Å². The normalized spacial score (nSPS) is 38.4. The standard InChI is InChI=1S/C22H30N2O/c25-21(24-20-7-3-5-18-4-1-2-6-19(18)20)14-23-22-11-15-8-16(12-22)10-17(9-15)13-22/h1-2,4,6,15-17,20,23H,3,5,7-14H2,(H,24,25)/t15?,16?,17?,20-,22?/m0/s1. The quantitative estimate of drug-likeness (QED) is 0.878. The van der Waals surface area contributed by atoms with E-state index in [1.807, 2.05) is 0 Å². The van der Waals surface area contributed by atoms with Crippen LogP contribution in [-0.2, 0) is 11.2 Å². The minimum absolute atomic E-state index is 0.178. The summed E-state index contributed by atoms with van der Waals surface area (Å²) in [5.41, 5.74) is 3.02. The largest absolute Gasteiger partial charge is 0.348 e. The van der Waals surface area contributed by atoms with Gasteiger partial charge in [-0.25, -0.2) is 0 Å². The maximum atomic E-state index is 12.6. The lowest BCUT2D eigenvalue weighted by Gasteiger charge is -2.57. The summed E-state index contributed by atoms with van der Waals surface area (Å²) < 4.78 is 0. The number of nitrogens with one attached hydrogen (secondary N) is 2. The number of hydrogen-bond donors (Lipinski definition) is 2. The predicted molar refractivity (Wildman–Crippen MR) is 99.2 cm³/mol. The molecule has 0 aliphatic heterocycles. The van der Waals surface area contributed by atoms with Crippen LogP contribution in [0.5, 0.6) is 0 Å². The monoisotopic (exact) mass is 338 g/mol. The second-order valence-electron chi connectivity index (χ2n) is 9.26. The van der Waals surface area contributed by atoms with Gasteiger partial charge < -0.3 is 10.6 Å². The summed E-state index contributed by atoms with van der Waals surface area (Å²) in [6.07, 6.45) is 11.7. The van der Waals surface area contributed by atoms with Crippen molar-refractivity contribution in [2.75, 3.05) is 6.54 Å². The maximum absolute atomic E-state index is 12.6. The van der Waals surface area contributed by atoms with E-state index >= 15 is 0 Å². The first kappa shape index (κ1) is 15.9. The molecule has 0 spiro atoms. The second-order valence-corrected chi connectivity index (χ2v) is 9.26. The van der Waals surface area contributed by atoms with Crippen molar-refractivity contribution < 1.29 is 4.79 Å². The minimum atomic E-state index is 0.178. The molecule has 0 heterocycles. The minimum Gasteiger partial charge on any atom is -0.348 e. The van der Waals surface area contributed by atoms with Crippen LogP contribution in [0.15, 0.2) is 24.3 Å². The number of carbonyl (C=O) groups is 1. The lowest BCUT2D eigenvalue weighted by molar-refractivity contribution is -0.122. The van der Waals surface area contributed by atoms with Gasteiger partial charge in [-0.15, -0.1) is 0 Å². The Kier molecular flexibility index (Phi) is 3.89. The van der Waals surface area contributed by atoms with Gasteiger partial charge in [0, 0.05) is 5.54 Å². The summed E-state index contributed by atoms with van der Waals surface area (Å²) in [6.45, 7) is 0.491. The average molecular weight is 338 g/mol. The Labute approximate surface area is 151 Å². The topological polar surface area (TPSA) is 41.1 Å². The molecule has 1 aromatic rings. The average Bonchev–Trinajstić information content (AvgIpc) is 2.59. The van der Waals surface area contributed by atoms with Crippen molar-refractivity contribution in [3.8, 4) is 0 Å². The lowest BCUT2D eigenvalue weighted by atomic mass is 9.53. The highest BCUT2D eigenvalue weighted by Crippen LogP contribution is 2.55. The molecule has 0 radical (unpaired) electrons. The molecule has 3 nitrogen and oxygen atoms in total. The third kappa shape index (κ3) is 3.01. The third-order valence-corrected chi connectivity index (χ3v) is 7.37. The number of rotatable bonds is 4. The molecule has 4 saturated carbocycles. The van der Waals surface area contributed by atoms with Crippen LogP contribution in [0.4, 0.5) is 0 Å². The molecule has 4 fully saturated rings. The van der Waals surface area contributed by atoms with Gasteiger partial charge >= 0.3 is 0 Å². The summed E-state index contributed by atoms with van der Waals surface area (Å²) >= 11 is 0. The SMILES string of the molecule is O=C(CNC12CC3CC(CC(C3)C1)C2)N[C@H]1CCCc2ccccc21. The summed E-state index contributed by atoms with van der Waals surface area (Å²) in [4.78, 5) is 12.6. The molecule has 1 aromatic carbocycles. The first-order valence-electron chi connectivity index (χ1n) is 10.3. The summed E-state index contributed by atoms with van der Waals surface area (Å²) in [5, 5.41) is 7.03. The van der Waals surface area contributed by atoms with Crippen molar-refractivity contribution in [1.29, 1.82) is 0 Å². The van der Waals surface area contributed by atoms with Gasteiger partial charge in [0.2, 0.25) is 5.91 Å². The Morgan fingerprint density at radius 1 is 1.04 bits per heavy atom. The molecule has 0 saturated heterocycles. The highest BCUT2D eigenvalue weighted by Gasteiger charge is 2.50. The Morgan fingerprint density at radius 2 is 1.72 bits per heavy atom. The maximum Gasteiger partial charge on any atom is 0.234 e. The summed E-state index contributed by atoms with van der Waals surface area (Å²) in [5.74, 6) is 2.95. The Bertz CT molecular complexity index is 632. The van der Waals surface area contributed by atoms with E-state index in [0.29, 0.717) is 6.54 Å². The smallest absolute Gasteiger partial charge is 0.234 e. The van der Waals surface area contributed by atoms with Gasteiger partial charge in [0.25, 0.3) is 0 Å². The number of fused-ring (bicyclic) bond motifs is 1. The molecule has 3 heteroatoms. The van der Waals surface area contributed by atoms with Crippen LogP contribution in [0.3, 0.4) is 0 Å². The fourth-order valence-electron chi connectivity index (χ4n) is 6.74. The van der Waals surface area contributed by atoms with Gasteiger partial charge in [-0.1, -0.05) is 24.3 Å². The summed E-state index contributed by atoms with van der Waals surface area (Å²) in [7, 11) is 0. The molecule has 5 aliphatic carbocycles. The van der Waals surface area contributed by atoms with Crippen LogP contribution in [0.2, 0.25) is 0 Å². The molecule has 25 heavy (non-hydrogen) atoms. The molecule has 0 unspecified atom stereocenters. The van der Waals surface area contributed by atoms with E-state index in [4.69, 9.17) is 0 Å². The number of amides is 1. The van der Waals surface area contributed by atoms with Crippen LogP contribution in [-0.4, -0.2) is 18.0 Å². The van der Waals surface area contributed by atoms with Crippen molar-refractivity contribution in [3.63, 3.8) is 0 Å². The van der Waals surface area contributed by atoms with Crippen LogP contribution in [0.1, 0.15) is 68.5 Å². The van der Waals surface area contributed by atoms with Crippen molar-refractivity contribution >= 4 is 5.91 Å². The zero-order valence-electron chi connectivity index (χ0n) is 15.1. The van der Waals surface area contributed by atoms with Gasteiger partial charge in [0.15, 0.2) is 0 Å². The van der Waals surface area contributed by atoms with Gasteiger partial charge in [0.05, 0.1) is 12.6 Å². The molecule has 2 N–H and O–H groups in total. The highest BCUT2D eigenvalue weighted by molar-refractivity contribution is 5.78. The Hall–Kier alpha value is -1.35. The molecular weight excluding hydrogens is 308 g/mol. The molecule has 5 aliphatic rings. The first-order valence-corrected chi connectivity index (χ1v) is 10.3.